The van der Waals surface area contributed by atoms with Gasteiger partial charge in [-0.1, -0.05) is 19.1 Å². The molecule has 3 rings (SSSR count). The third-order valence-corrected chi connectivity index (χ3v) is 4.91. The Morgan fingerprint density at radius 1 is 1.26 bits per heavy atom. The van der Waals surface area contributed by atoms with Crippen LogP contribution >= 0.6 is 0 Å². The lowest BCUT2D eigenvalue weighted by Crippen LogP contribution is -2.21. The normalized spacial score (nSPS) is 29.3. The van der Waals surface area contributed by atoms with Crippen molar-refractivity contribution in [3.8, 4) is 5.75 Å². The minimum absolute atomic E-state index is 0.585. The number of methoxy groups -OCH3 is 1. The second-order valence-electron chi connectivity index (χ2n) is 6.59. The van der Waals surface area contributed by atoms with Crippen LogP contribution in [0.1, 0.15) is 38.2 Å². The van der Waals surface area contributed by atoms with Crippen LogP contribution in [0.5, 0.6) is 5.75 Å². The molecule has 2 nitrogen and oxygen atoms in total. The van der Waals surface area contributed by atoms with E-state index in [-0.39, 0.29) is 0 Å². The molecule has 2 saturated carbocycles. The highest BCUT2D eigenvalue weighted by atomic mass is 16.5. The molecule has 2 aliphatic rings. The van der Waals surface area contributed by atoms with Crippen LogP contribution < -0.4 is 10.1 Å². The summed E-state index contributed by atoms with van der Waals surface area (Å²) in [4.78, 5) is 0. The molecular weight excluding hydrogens is 234 g/mol. The van der Waals surface area contributed by atoms with Crippen LogP contribution in [0.3, 0.4) is 0 Å². The summed E-state index contributed by atoms with van der Waals surface area (Å²) in [6.45, 7) is 3.69. The highest BCUT2D eigenvalue weighted by Gasteiger charge is 2.48. The first-order chi connectivity index (χ1) is 9.19. The van der Waals surface area contributed by atoms with Crippen molar-refractivity contribution >= 4 is 0 Å². The molecule has 0 amide bonds. The lowest BCUT2D eigenvalue weighted by molar-refractivity contribution is 0.414. The highest BCUT2D eigenvalue weighted by Crippen LogP contribution is 2.55. The van der Waals surface area contributed by atoms with Crippen molar-refractivity contribution < 1.29 is 4.74 Å². The molecule has 0 spiro atoms. The van der Waals surface area contributed by atoms with Gasteiger partial charge in [-0.3, -0.25) is 0 Å². The number of nitrogens with one attached hydrogen (secondary N) is 1. The van der Waals surface area contributed by atoms with E-state index in [4.69, 9.17) is 4.74 Å². The molecule has 0 saturated heterocycles. The molecule has 2 fully saturated rings. The molecule has 0 radical (unpaired) electrons. The van der Waals surface area contributed by atoms with Crippen molar-refractivity contribution in [3.63, 3.8) is 0 Å². The molecule has 1 aromatic rings. The van der Waals surface area contributed by atoms with Gasteiger partial charge in [-0.25, -0.2) is 0 Å². The molecule has 2 atom stereocenters. The van der Waals surface area contributed by atoms with Crippen LogP contribution in [0.4, 0.5) is 0 Å². The van der Waals surface area contributed by atoms with Crippen molar-refractivity contribution in [2.24, 2.45) is 11.3 Å². The number of aryl methyl sites for hydroxylation is 1. The molecule has 0 aromatic heterocycles. The topological polar surface area (TPSA) is 21.3 Å². The van der Waals surface area contributed by atoms with Crippen LogP contribution in [0.15, 0.2) is 24.3 Å². The summed E-state index contributed by atoms with van der Waals surface area (Å²) < 4.78 is 5.20. The van der Waals surface area contributed by atoms with E-state index < -0.39 is 0 Å². The Balaban J connectivity index is 1.43. The molecular formula is C17H25NO. The predicted octanol–water partition coefficient (Wildman–Crippen LogP) is 3.41. The van der Waals surface area contributed by atoms with Gasteiger partial charge in [0.25, 0.3) is 0 Å². The predicted molar refractivity (Wildman–Crippen MR) is 78.6 cm³/mol. The van der Waals surface area contributed by atoms with Crippen LogP contribution in [-0.4, -0.2) is 19.7 Å². The summed E-state index contributed by atoms with van der Waals surface area (Å²) in [6.07, 6.45) is 6.71. The summed E-state index contributed by atoms with van der Waals surface area (Å²) in [5.41, 5.74) is 2.02. The van der Waals surface area contributed by atoms with Crippen molar-refractivity contribution in [1.29, 1.82) is 0 Å². The first-order valence-electron chi connectivity index (χ1n) is 7.56. The summed E-state index contributed by atoms with van der Waals surface area (Å²) >= 11 is 0. The van der Waals surface area contributed by atoms with Crippen molar-refractivity contribution in [2.45, 2.75) is 45.1 Å². The zero-order valence-electron chi connectivity index (χ0n) is 12.1. The summed E-state index contributed by atoms with van der Waals surface area (Å²) in [7, 11) is 1.72. The van der Waals surface area contributed by atoms with E-state index in [1.54, 1.807) is 7.11 Å². The van der Waals surface area contributed by atoms with Crippen LogP contribution in [-0.2, 0) is 6.42 Å². The van der Waals surface area contributed by atoms with Crippen LogP contribution in [0, 0.1) is 11.3 Å². The Labute approximate surface area is 116 Å². The van der Waals surface area contributed by atoms with Crippen LogP contribution in [0.2, 0.25) is 0 Å². The van der Waals surface area contributed by atoms with Crippen LogP contribution in [0.25, 0.3) is 0 Å². The van der Waals surface area contributed by atoms with Gasteiger partial charge >= 0.3 is 0 Å². The fourth-order valence-electron chi connectivity index (χ4n) is 2.95. The maximum atomic E-state index is 5.20. The molecule has 0 bridgehead atoms. The first-order valence-corrected chi connectivity index (χ1v) is 7.56. The largest absolute Gasteiger partial charge is 0.497 e. The van der Waals surface area contributed by atoms with E-state index in [0.717, 1.165) is 17.7 Å². The van der Waals surface area contributed by atoms with E-state index in [0.29, 0.717) is 5.41 Å². The molecule has 0 heterocycles. The van der Waals surface area contributed by atoms with E-state index in [1.165, 1.54) is 44.2 Å². The second kappa shape index (κ2) is 5.16. The average Bonchev–Trinajstić information content (AvgIpc) is 3.33. The minimum Gasteiger partial charge on any atom is -0.497 e. The molecule has 104 valence electrons. The highest BCUT2D eigenvalue weighted by molar-refractivity contribution is 5.27. The maximum Gasteiger partial charge on any atom is 0.118 e. The lowest BCUT2D eigenvalue weighted by atomic mass is 9.96. The second-order valence-corrected chi connectivity index (χ2v) is 6.59. The average molecular weight is 259 g/mol. The Hall–Kier alpha value is -1.02. The van der Waals surface area contributed by atoms with Crippen molar-refractivity contribution in [3.05, 3.63) is 29.8 Å². The zero-order valence-corrected chi connectivity index (χ0v) is 12.1. The van der Waals surface area contributed by atoms with Gasteiger partial charge in [-0.2, -0.15) is 0 Å². The smallest absolute Gasteiger partial charge is 0.118 e. The Morgan fingerprint density at radius 3 is 2.63 bits per heavy atom. The van der Waals surface area contributed by atoms with Gasteiger partial charge in [-0.05, 0) is 67.7 Å². The number of benzene rings is 1. The number of rotatable bonds is 7. The standard InChI is InChI=1S/C17H25NO/c1-17(11-14(17)12-18-15-5-6-15)10-9-13-3-7-16(19-2)8-4-13/h3-4,7-8,14-15,18H,5-6,9-12H2,1-2H3. The van der Waals surface area contributed by atoms with E-state index in [9.17, 15) is 0 Å². The third kappa shape index (κ3) is 3.30. The SMILES string of the molecule is COc1ccc(CCC2(C)CC2CNC2CC2)cc1. The van der Waals surface area contributed by atoms with E-state index in [2.05, 4.69) is 36.5 Å². The lowest BCUT2D eigenvalue weighted by Gasteiger charge is -2.12. The maximum absolute atomic E-state index is 5.20. The van der Waals surface area contributed by atoms with Gasteiger partial charge < -0.3 is 10.1 Å². The number of hydrogen-bond donors (Lipinski definition) is 1. The molecule has 1 aromatic carbocycles. The monoisotopic (exact) mass is 259 g/mol. The van der Waals surface area contributed by atoms with Gasteiger partial charge in [0.05, 0.1) is 7.11 Å². The van der Waals surface area contributed by atoms with E-state index >= 15 is 0 Å². The minimum atomic E-state index is 0.585. The summed E-state index contributed by atoms with van der Waals surface area (Å²) in [6, 6.07) is 9.38. The van der Waals surface area contributed by atoms with Gasteiger partial charge in [0, 0.05) is 6.04 Å². The first kappa shape index (κ1) is 13.0. The summed E-state index contributed by atoms with van der Waals surface area (Å²) in [5, 5.41) is 3.67. The van der Waals surface area contributed by atoms with Gasteiger partial charge in [-0.15, -0.1) is 0 Å². The van der Waals surface area contributed by atoms with Gasteiger partial charge in [0.1, 0.15) is 5.75 Å². The fraction of sp³-hybridized carbons (Fsp3) is 0.647. The fourth-order valence-corrected chi connectivity index (χ4v) is 2.95. The molecule has 1 N–H and O–H groups in total. The Bertz CT molecular complexity index is 423. The zero-order chi connectivity index (χ0) is 13.3. The Morgan fingerprint density at radius 2 is 2.00 bits per heavy atom. The number of hydrogen-bond acceptors (Lipinski definition) is 2. The third-order valence-electron chi connectivity index (χ3n) is 4.91. The quantitative estimate of drug-likeness (QED) is 0.810. The van der Waals surface area contributed by atoms with Gasteiger partial charge in [0.2, 0.25) is 0 Å². The van der Waals surface area contributed by atoms with Gasteiger partial charge in [0.15, 0.2) is 0 Å². The Kier molecular flexibility index (Phi) is 3.53. The molecule has 2 heteroatoms. The number of ether oxygens (including phenoxy) is 1. The summed E-state index contributed by atoms with van der Waals surface area (Å²) in [5.74, 6) is 1.86. The molecule has 0 aliphatic heterocycles. The molecule has 19 heavy (non-hydrogen) atoms. The molecule has 2 aliphatic carbocycles. The van der Waals surface area contributed by atoms with Crippen molar-refractivity contribution in [1.82, 2.24) is 5.32 Å². The van der Waals surface area contributed by atoms with Crippen molar-refractivity contribution in [2.75, 3.05) is 13.7 Å². The van der Waals surface area contributed by atoms with E-state index in [1.807, 2.05) is 0 Å². The molecule has 2 unspecified atom stereocenters.